The lowest BCUT2D eigenvalue weighted by molar-refractivity contribution is 0.192. The molecule has 0 radical (unpaired) electrons. The molecule has 5 heteroatoms. The topological polar surface area (TPSA) is 54.4 Å². The van der Waals surface area contributed by atoms with Crippen molar-refractivity contribution in [2.24, 2.45) is 0 Å². The van der Waals surface area contributed by atoms with Crippen LogP contribution in [0.5, 0.6) is 5.88 Å². The van der Waals surface area contributed by atoms with E-state index < -0.39 is 6.10 Å². The van der Waals surface area contributed by atoms with Crippen LogP contribution in [0.1, 0.15) is 11.7 Å². The fraction of sp³-hybridized carbons (Fsp3) is 0.250. The largest absolute Gasteiger partial charge is 0.481 e. The molecule has 0 spiro atoms. The maximum atomic E-state index is 9.89. The molecule has 0 aliphatic carbocycles. The molecule has 0 bridgehead atoms. The molecule has 0 aliphatic rings. The smallest absolute Gasteiger partial charge is 0.214 e. The van der Waals surface area contributed by atoms with Crippen molar-refractivity contribution in [1.82, 2.24) is 4.98 Å². The lowest BCUT2D eigenvalue weighted by Crippen LogP contribution is -2.11. The molecule has 17 heavy (non-hydrogen) atoms. The van der Waals surface area contributed by atoms with Crippen molar-refractivity contribution in [3.05, 3.63) is 40.7 Å². The second kappa shape index (κ2) is 5.65. The van der Waals surface area contributed by atoms with Gasteiger partial charge in [-0.05, 0) is 28.5 Å². The molecule has 0 amide bonds. The molecule has 2 N–H and O–H groups in total. The Hall–Kier alpha value is -1.59. The summed E-state index contributed by atoms with van der Waals surface area (Å²) in [5.74, 6) is 0.556. The Balaban J connectivity index is 1.93. The summed E-state index contributed by atoms with van der Waals surface area (Å²) in [6.45, 7) is 0.462. The van der Waals surface area contributed by atoms with Crippen molar-refractivity contribution >= 4 is 17.0 Å². The van der Waals surface area contributed by atoms with E-state index in [9.17, 15) is 5.11 Å². The molecule has 2 aromatic heterocycles. The number of anilines is 1. The van der Waals surface area contributed by atoms with Crippen LogP contribution in [0.25, 0.3) is 0 Å². The summed E-state index contributed by atoms with van der Waals surface area (Å²) in [6.07, 6.45) is 1.17. The Kier molecular flexibility index (Phi) is 3.95. The van der Waals surface area contributed by atoms with E-state index in [1.54, 1.807) is 30.7 Å². The minimum absolute atomic E-state index is 0.462. The van der Waals surface area contributed by atoms with Crippen LogP contribution < -0.4 is 10.1 Å². The van der Waals surface area contributed by atoms with Gasteiger partial charge >= 0.3 is 0 Å². The lowest BCUT2D eigenvalue weighted by atomic mass is 10.2. The van der Waals surface area contributed by atoms with Crippen molar-refractivity contribution in [2.45, 2.75) is 6.10 Å². The number of pyridine rings is 1. The minimum Gasteiger partial charge on any atom is -0.481 e. The highest BCUT2D eigenvalue weighted by Crippen LogP contribution is 2.18. The highest BCUT2D eigenvalue weighted by molar-refractivity contribution is 7.07. The van der Waals surface area contributed by atoms with Crippen LogP contribution in [0, 0.1) is 0 Å². The summed E-state index contributed by atoms with van der Waals surface area (Å²) < 4.78 is 5.02. The Labute approximate surface area is 104 Å². The highest BCUT2D eigenvalue weighted by Gasteiger charge is 2.07. The van der Waals surface area contributed by atoms with Crippen LogP contribution in [0.3, 0.4) is 0 Å². The molecule has 0 saturated heterocycles. The van der Waals surface area contributed by atoms with Crippen molar-refractivity contribution < 1.29 is 9.84 Å². The summed E-state index contributed by atoms with van der Waals surface area (Å²) >= 11 is 1.58. The van der Waals surface area contributed by atoms with Crippen LogP contribution in [-0.2, 0) is 0 Å². The molecule has 0 saturated carbocycles. The van der Waals surface area contributed by atoms with Crippen LogP contribution in [-0.4, -0.2) is 23.7 Å². The number of nitrogens with zero attached hydrogens (tertiary/aromatic N) is 1. The first-order chi connectivity index (χ1) is 8.29. The monoisotopic (exact) mass is 250 g/mol. The number of ether oxygens (including phenoxy) is 1. The zero-order chi connectivity index (χ0) is 12.1. The van der Waals surface area contributed by atoms with Gasteiger partial charge in [0.2, 0.25) is 5.88 Å². The average Bonchev–Trinajstić information content (AvgIpc) is 2.90. The minimum atomic E-state index is -0.500. The molecule has 1 unspecified atom stereocenters. The third-order valence-corrected chi connectivity index (χ3v) is 3.07. The van der Waals surface area contributed by atoms with Gasteiger partial charge in [0, 0.05) is 24.5 Å². The molecule has 2 aromatic rings. The number of methoxy groups -OCH3 is 1. The van der Waals surface area contributed by atoms with Gasteiger partial charge in [0.25, 0.3) is 0 Å². The zero-order valence-electron chi connectivity index (χ0n) is 9.46. The first-order valence-corrected chi connectivity index (χ1v) is 6.18. The van der Waals surface area contributed by atoms with Crippen LogP contribution in [0.2, 0.25) is 0 Å². The van der Waals surface area contributed by atoms with Gasteiger partial charge in [-0.3, -0.25) is 0 Å². The van der Waals surface area contributed by atoms with E-state index in [4.69, 9.17) is 4.74 Å². The predicted molar refractivity (Wildman–Crippen MR) is 68.6 cm³/mol. The van der Waals surface area contributed by atoms with Crippen LogP contribution >= 0.6 is 11.3 Å². The van der Waals surface area contributed by atoms with Gasteiger partial charge in [-0.25, -0.2) is 4.98 Å². The van der Waals surface area contributed by atoms with E-state index in [0.29, 0.717) is 12.4 Å². The second-order valence-electron chi connectivity index (χ2n) is 3.54. The van der Waals surface area contributed by atoms with Crippen LogP contribution in [0.4, 0.5) is 5.69 Å². The summed E-state index contributed by atoms with van der Waals surface area (Å²) in [5.41, 5.74) is 1.81. The van der Waals surface area contributed by atoms with Gasteiger partial charge in [0.15, 0.2) is 0 Å². The molecule has 1 atom stereocenters. The van der Waals surface area contributed by atoms with E-state index in [1.807, 2.05) is 22.9 Å². The standard InChI is InChI=1S/C12H14N2O2S/c1-16-12-6-10(2-4-13-12)14-7-11(15)9-3-5-17-8-9/h2-6,8,11,15H,7H2,1H3,(H,13,14). The van der Waals surface area contributed by atoms with Gasteiger partial charge in [0.05, 0.1) is 13.2 Å². The molecule has 4 nitrogen and oxygen atoms in total. The first-order valence-electron chi connectivity index (χ1n) is 5.23. The Morgan fingerprint density at radius 2 is 2.41 bits per heavy atom. The number of hydrogen-bond donors (Lipinski definition) is 2. The molecular weight excluding hydrogens is 236 g/mol. The van der Waals surface area contributed by atoms with E-state index in [2.05, 4.69) is 10.3 Å². The van der Waals surface area contributed by atoms with Gasteiger partial charge in [-0.1, -0.05) is 0 Å². The van der Waals surface area contributed by atoms with Crippen molar-refractivity contribution in [3.63, 3.8) is 0 Å². The number of aromatic nitrogens is 1. The van der Waals surface area contributed by atoms with Crippen molar-refractivity contribution in [3.8, 4) is 5.88 Å². The third-order valence-electron chi connectivity index (χ3n) is 2.37. The van der Waals surface area contributed by atoms with Crippen LogP contribution in [0.15, 0.2) is 35.2 Å². The van der Waals surface area contributed by atoms with E-state index >= 15 is 0 Å². The molecule has 0 fully saturated rings. The summed E-state index contributed by atoms with van der Waals surface area (Å²) in [5, 5.41) is 16.9. The molecule has 2 rings (SSSR count). The fourth-order valence-electron chi connectivity index (χ4n) is 1.43. The Morgan fingerprint density at radius 1 is 1.53 bits per heavy atom. The number of thiophene rings is 1. The third kappa shape index (κ3) is 3.18. The number of nitrogens with one attached hydrogen (secondary N) is 1. The van der Waals surface area contributed by atoms with Gasteiger partial charge in [-0.2, -0.15) is 11.3 Å². The normalized spacial score (nSPS) is 12.1. The number of aliphatic hydroxyl groups excluding tert-OH is 1. The lowest BCUT2D eigenvalue weighted by Gasteiger charge is -2.11. The maximum absolute atomic E-state index is 9.89. The van der Waals surface area contributed by atoms with E-state index in [0.717, 1.165) is 11.3 Å². The molecule has 90 valence electrons. The van der Waals surface area contributed by atoms with Crippen molar-refractivity contribution in [1.29, 1.82) is 0 Å². The molecule has 0 aromatic carbocycles. The number of rotatable bonds is 5. The van der Waals surface area contributed by atoms with Gasteiger partial charge in [-0.15, -0.1) is 0 Å². The highest BCUT2D eigenvalue weighted by atomic mass is 32.1. The summed E-state index contributed by atoms with van der Waals surface area (Å²) in [7, 11) is 1.58. The second-order valence-corrected chi connectivity index (χ2v) is 4.32. The van der Waals surface area contributed by atoms with Crippen molar-refractivity contribution in [2.75, 3.05) is 19.0 Å². The molecule has 2 heterocycles. The average molecular weight is 250 g/mol. The molecule has 0 aliphatic heterocycles. The van der Waals surface area contributed by atoms with E-state index in [-0.39, 0.29) is 0 Å². The van der Waals surface area contributed by atoms with E-state index in [1.165, 1.54) is 0 Å². The Morgan fingerprint density at radius 3 is 3.12 bits per heavy atom. The fourth-order valence-corrected chi connectivity index (χ4v) is 2.14. The Bertz CT molecular complexity index is 459. The SMILES string of the molecule is COc1cc(NCC(O)c2ccsc2)ccn1. The maximum Gasteiger partial charge on any atom is 0.214 e. The predicted octanol–water partition coefficient (Wildman–Crippen LogP) is 2.30. The summed E-state index contributed by atoms with van der Waals surface area (Å²) in [4.78, 5) is 4.01. The quantitative estimate of drug-likeness (QED) is 0.855. The summed E-state index contributed by atoms with van der Waals surface area (Å²) in [6, 6.07) is 5.55. The number of hydrogen-bond acceptors (Lipinski definition) is 5. The number of aliphatic hydroxyl groups is 1. The first kappa shape index (κ1) is 11.9. The van der Waals surface area contributed by atoms with Gasteiger partial charge in [0.1, 0.15) is 0 Å². The van der Waals surface area contributed by atoms with Gasteiger partial charge < -0.3 is 15.2 Å². The zero-order valence-corrected chi connectivity index (χ0v) is 10.3. The molecular formula is C12H14N2O2S.